The largest absolute Gasteiger partial charge is 0.496 e. The molecule has 1 aromatic carbocycles. The SMILES string of the molecule is CCCC1(C(=O)O)CCN(Cc2cc(F)ccc2OC)C1. The molecule has 1 unspecified atom stereocenters. The van der Waals surface area contributed by atoms with E-state index in [1.165, 1.54) is 12.1 Å². The molecule has 0 radical (unpaired) electrons. The molecular weight excluding hydrogens is 273 g/mol. The Morgan fingerprint density at radius 1 is 1.52 bits per heavy atom. The van der Waals surface area contributed by atoms with Gasteiger partial charge in [0, 0.05) is 18.7 Å². The molecule has 1 heterocycles. The van der Waals surface area contributed by atoms with Gasteiger partial charge in [-0.05, 0) is 37.6 Å². The fourth-order valence-electron chi connectivity index (χ4n) is 3.17. The first-order valence-electron chi connectivity index (χ1n) is 7.29. The lowest BCUT2D eigenvalue weighted by atomic mass is 9.83. The molecule has 0 amide bonds. The molecule has 0 bridgehead atoms. The van der Waals surface area contributed by atoms with Crippen molar-refractivity contribution in [2.24, 2.45) is 5.41 Å². The summed E-state index contributed by atoms with van der Waals surface area (Å²) in [6.45, 7) is 3.74. The molecule has 4 nitrogen and oxygen atoms in total. The molecule has 1 N–H and O–H groups in total. The molecule has 1 aliphatic heterocycles. The van der Waals surface area contributed by atoms with Gasteiger partial charge < -0.3 is 9.84 Å². The van der Waals surface area contributed by atoms with Crippen molar-refractivity contribution >= 4 is 5.97 Å². The second-order valence-corrected chi connectivity index (χ2v) is 5.75. The van der Waals surface area contributed by atoms with Crippen LogP contribution in [0.4, 0.5) is 4.39 Å². The Kier molecular flexibility index (Phi) is 4.83. The van der Waals surface area contributed by atoms with Crippen molar-refractivity contribution in [3.63, 3.8) is 0 Å². The Morgan fingerprint density at radius 2 is 2.29 bits per heavy atom. The Morgan fingerprint density at radius 3 is 2.90 bits per heavy atom. The average Bonchev–Trinajstić information content (AvgIpc) is 2.84. The van der Waals surface area contributed by atoms with Crippen LogP contribution in [0.5, 0.6) is 5.75 Å². The van der Waals surface area contributed by atoms with E-state index >= 15 is 0 Å². The van der Waals surface area contributed by atoms with Gasteiger partial charge >= 0.3 is 5.97 Å². The van der Waals surface area contributed by atoms with Gasteiger partial charge in [0.15, 0.2) is 0 Å². The third-order valence-electron chi connectivity index (χ3n) is 4.25. The standard InChI is InChI=1S/C16H22FNO3/c1-3-6-16(15(19)20)7-8-18(11-16)10-12-9-13(17)4-5-14(12)21-2/h4-5,9H,3,6-8,10-11H2,1-2H3,(H,19,20). The molecule has 1 aliphatic rings. The van der Waals surface area contributed by atoms with Crippen molar-refractivity contribution in [2.75, 3.05) is 20.2 Å². The predicted molar refractivity (Wildman–Crippen MR) is 77.8 cm³/mol. The van der Waals surface area contributed by atoms with E-state index in [-0.39, 0.29) is 5.82 Å². The lowest BCUT2D eigenvalue weighted by Crippen LogP contribution is -2.34. The van der Waals surface area contributed by atoms with Crippen molar-refractivity contribution in [1.29, 1.82) is 0 Å². The first-order valence-corrected chi connectivity index (χ1v) is 7.29. The van der Waals surface area contributed by atoms with E-state index < -0.39 is 11.4 Å². The molecule has 1 aromatic rings. The van der Waals surface area contributed by atoms with Gasteiger partial charge in [-0.15, -0.1) is 0 Å². The molecule has 1 saturated heterocycles. The van der Waals surface area contributed by atoms with Gasteiger partial charge in [0.2, 0.25) is 0 Å². The molecule has 0 spiro atoms. The van der Waals surface area contributed by atoms with Crippen LogP contribution >= 0.6 is 0 Å². The first kappa shape index (κ1) is 15.8. The van der Waals surface area contributed by atoms with Crippen LogP contribution in [0.2, 0.25) is 0 Å². The van der Waals surface area contributed by atoms with Crippen LogP contribution in [-0.4, -0.2) is 36.2 Å². The number of benzene rings is 1. The zero-order valence-corrected chi connectivity index (χ0v) is 12.6. The quantitative estimate of drug-likeness (QED) is 0.876. The highest BCUT2D eigenvalue weighted by Gasteiger charge is 2.43. The van der Waals surface area contributed by atoms with Crippen LogP contribution in [0.15, 0.2) is 18.2 Å². The van der Waals surface area contributed by atoms with E-state index in [0.717, 1.165) is 12.0 Å². The maximum Gasteiger partial charge on any atom is 0.310 e. The zero-order chi connectivity index (χ0) is 15.5. The molecular formula is C16H22FNO3. The number of carboxylic acid groups (broad SMARTS) is 1. The Balaban J connectivity index is 2.12. The number of rotatable bonds is 6. The fraction of sp³-hybridized carbons (Fsp3) is 0.562. The average molecular weight is 295 g/mol. The minimum absolute atomic E-state index is 0.303. The molecule has 0 aliphatic carbocycles. The lowest BCUT2D eigenvalue weighted by Gasteiger charge is -2.24. The minimum atomic E-state index is -0.724. The van der Waals surface area contributed by atoms with Crippen molar-refractivity contribution in [3.8, 4) is 5.75 Å². The van der Waals surface area contributed by atoms with Crippen molar-refractivity contribution in [3.05, 3.63) is 29.6 Å². The van der Waals surface area contributed by atoms with E-state index in [1.54, 1.807) is 13.2 Å². The minimum Gasteiger partial charge on any atom is -0.496 e. The number of hydrogen-bond donors (Lipinski definition) is 1. The molecule has 5 heteroatoms. The summed E-state index contributed by atoms with van der Waals surface area (Å²) < 4.78 is 18.6. The van der Waals surface area contributed by atoms with Crippen molar-refractivity contribution in [1.82, 2.24) is 4.90 Å². The Labute approximate surface area is 124 Å². The van der Waals surface area contributed by atoms with Crippen LogP contribution in [0.1, 0.15) is 31.7 Å². The van der Waals surface area contributed by atoms with Gasteiger partial charge in [0.05, 0.1) is 12.5 Å². The maximum absolute atomic E-state index is 13.4. The molecule has 21 heavy (non-hydrogen) atoms. The summed E-state index contributed by atoms with van der Waals surface area (Å²) in [6, 6.07) is 4.43. The number of ether oxygens (including phenoxy) is 1. The van der Waals surface area contributed by atoms with Gasteiger partial charge in [-0.3, -0.25) is 9.69 Å². The number of methoxy groups -OCH3 is 1. The van der Waals surface area contributed by atoms with E-state index in [1.807, 2.05) is 6.92 Å². The number of carboxylic acids is 1. The molecule has 1 fully saturated rings. The van der Waals surface area contributed by atoms with Crippen molar-refractivity contribution < 1.29 is 19.0 Å². The second kappa shape index (κ2) is 6.43. The summed E-state index contributed by atoms with van der Waals surface area (Å²) in [5.74, 6) is -0.388. The summed E-state index contributed by atoms with van der Waals surface area (Å²) in [5, 5.41) is 9.51. The van der Waals surface area contributed by atoms with Gasteiger partial charge in [-0.25, -0.2) is 4.39 Å². The monoisotopic (exact) mass is 295 g/mol. The molecule has 2 rings (SSSR count). The first-order chi connectivity index (χ1) is 10.0. The Hall–Kier alpha value is -1.62. The topological polar surface area (TPSA) is 49.8 Å². The van der Waals surface area contributed by atoms with Crippen LogP contribution in [0.3, 0.4) is 0 Å². The zero-order valence-electron chi connectivity index (χ0n) is 12.6. The van der Waals surface area contributed by atoms with Crippen LogP contribution < -0.4 is 4.74 Å². The second-order valence-electron chi connectivity index (χ2n) is 5.75. The van der Waals surface area contributed by atoms with Gasteiger partial charge in [0.1, 0.15) is 11.6 Å². The summed E-state index contributed by atoms with van der Waals surface area (Å²) in [7, 11) is 1.55. The summed E-state index contributed by atoms with van der Waals surface area (Å²) in [4.78, 5) is 13.6. The van der Waals surface area contributed by atoms with Gasteiger partial charge in [-0.1, -0.05) is 13.3 Å². The summed E-state index contributed by atoms with van der Waals surface area (Å²) >= 11 is 0. The fourth-order valence-corrected chi connectivity index (χ4v) is 3.17. The number of likely N-dealkylation sites (tertiary alicyclic amines) is 1. The number of aliphatic carboxylic acids is 1. The van der Waals surface area contributed by atoms with E-state index in [2.05, 4.69) is 4.90 Å². The highest BCUT2D eigenvalue weighted by Crippen LogP contribution is 2.36. The summed E-state index contributed by atoms with van der Waals surface area (Å²) in [6.07, 6.45) is 2.18. The normalized spacial score (nSPS) is 22.4. The van der Waals surface area contributed by atoms with E-state index in [9.17, 15) is 14.3 Å². The lowest BCUT2D eigenvalue weighted by molar-refractivity contribution is -0.148. The summed E-state index contributed by atoms with van der Waals surface area (Å²) in [5.41, 5.74) is 0.102. The molecule has 1 atom stereocenters. The molecule has 0 aromatic heterocycles. The van der Waals surface area contributed by atoms with Gasteiger partial charge in [0.25, 0.3) is 0 Å². The third-order valence-corrected chi connectivity index (χ3v) is 4.25. The predicted octanol–water partition coefficient (Wildman–Crippen LogP) is 2.91. The van der Waals surface area contributed by atoms with Crippen LogP contribution in [-0.2, 0) is 11.3 Å². The highest BCUT2D eigenvalue weighted by molar-refractivity contribution is 5.75. The maximum atomic E-state index is 13.4. The van der Waals surface area contributed by atoms with E-state index in [4.69, 9.17) is 4.74 Å². The third kappa shape index (κ3) is 3.35. The molecule has 0 saturated carbocycles. The number of nitrogens with zero attached hydrogens (tertiary/aromatic N) is 1. The van der Waals surface area contributed by atoms with Crippen molar-refractivity contribution in [2.45, 2.75) is 32.7 Å². The Bertz CT molecular complexity index is 520. The number of carbonyl (C=O) groups is 1. The van der Waals surface area contributed by atoms with Crippen LogP contribution in [0, 0.1) is 11.2 Å². The van der Waals surface area contributed by atoms with Gasteiger partial charge in [-0.2, -0.15) is 0 Å². The van der Waals surface area contributed by atoms with E-state index in [0.29, 0.717) is 38.2 Å². The number of halogens is 1. The number of hydrogen-bond acceptors (Lipinski definition) is 3. The molecule has 116 valence electrons. The highest BCUT2D eigenvalue weighted by atomic mass is 19.1. The smallest absolute Gasteiger partial charge is 0.310 e. The van der Waals surface area contributed by atoms with Crippen LogP contribution in [0.25, 0.3) is 0 Å².